The second-order valence-electron chi connectivity index (χ2n) is 6.96. The summed E-state index contributed by atoms with van der Waals surface area (Å²) in [6.07, 6.45) is 1.96. The number of imide groups is 1. The molecule has 0 radical (unpaired) electrons. The summed E-state index contributed by atoms with van der Waals surface area (Å²) in [7, 11) is 0. The first-order valence-corrected chi connectivity index (χ1v) is 9.19. The van der Waals surface area contributed by atoms with Crippen molar-refractivity contribution in [3.63, 3.8) is 0 Å². The Hall–Kier alpha value is -2.70. The van der Waals surface area contributed by atoms with Crippen molar-refractivity contribution in [3.05, 3.63) is 70.8 Å². The van der Waals surface area contributed by atoms with E-state index in [1.807, 2.05) is 30.3 Å². The van der Waals surface area contributed by atoms with E-state index < -0.39 is 0 Å². The minimum absolute atomic E-state index is 0. The van der Waals surface area contributed by atoms with Gasteiger partial charge in [-0.3, -0.25) is 19.3 Å². The van der Waals surface area contributed by atoms with Crippen molar-refractivity contribution in [1.82, 2.24) is 15.5 Å². The lowest BCUT2D eigenvalue weighted by Crippen LogP contribution is -2.45. The summed E-state index contributed by atoms with van der Waals surface area (Å²) in [5.74, 6) is -0.886. The number of carbonyl (C=O) groups excluding carboxylic acids is 3. The van der Waals surface area contributed by atoms with Gasteiger partial charge in [0.2, 0.25) is 0 Å². The Kier molecular flexibility index (Phi) is 6.11. The second-order valence-corrected chi connectivity index (χ2v) is 6.96. The normalized spacial score (nSPS) is 18.4. The maximum absolute atomic E-state index is 12.7. The zero-order chi connectivity index (χ0) is 18.8. The van der Waals surface area contributed by atoms with Crippen LogP contribution < -0.4 is 10.6 Å². The minimum Gasteiger partial charge on any atom is -0.348 e. The zero-order valence-corrected chi connectivity index (χ0v) is 16.1. The molecule has 0 unspecified atom stereocenters. The van der Waals surface area contributed by atoms with Crippen LogP contribution in [-0.4, -0.2) is 41.8 Å². The number of hydrogen-bond acceptors (Lipinski definition) is 4. The van der Waals surface area contributed by atoms with Gasteiger partial charge in [0, 0.05) is 18.2 Å². The van der Waals surface area contributed by atoms with Gasteiger partial charge in [-0.15, -0.1) is 12.4 Å². The highest BCUT2D eigenvalue weighted by Gasteiger charge is 2.36. The molecule has 2 N–H and O–H groups in total. The number of benzene rings is 2. The third-order valence-corrected chi connectivity index (χ3v) is 5.05. The first-order chi connectivity index (χ1) is 13.1. The van der Waals surface area contributed by atoms with Crippen LogP contribution in [0.3, 0.4) is 0 Å². The van der Waals surface area contributed by atoms with Gasteiger partial charge in [-0.25, -0.2) is 0 Å². The highest BCUT2D eigenvalue weighted by atomic mass is 35.5. The van der Waals surface area contributed by atoms with E-state index in [1.165, 1.54) is 11.0 Å². The molecule has 0 saturated carbocycles. The fraction of sp³-hybridized carbons (Fsp3) is 0.286. The van der Waals surface area contributed by atoms with Gasteiger partial charge < -0.3 is 10.6 Å². The topological polar surface area (TPSA) is 78.5 Å². The van der Waals surface area contributed by atoms with Gasteiger partial charge in [0.1, 0.15) is 0 Å². The Balaban J connectivity index is 0.00000225. The van der Waals surface area contributed by atoms with E-state index in [9.17, 15) is 14.4 Å². The Morgan fingerprint density at radius 1 is 1.07 bits per heavy atom. The predicted molar refractivity (Wildman–Crippen MR) is 108 cm³/mol. The van der Waals surface area contributed by atoms with Crippen LogP contribution in [0.4, 0.5) is 0 Å². The van der Waals surface area contributed by atoms with E-state index in [2.05, 4.69) is 10.6 Å². The number of hydrogen-bond donors (Lipinski definition) is 2. The molecule has 0 aromatic heterocycles. The molecular formula is C21H22ClN3O3. The average Bonchev–Trinajstić information content (AvgIpc) is 2.94. The van der Waals surface area contributed by atoms with E-state index >= 15 is 0 Å². The fourth-order valence-corrected chi connectivity index (χ4v) is 3.59. The number of amides is 3. The van der Waals surface area contributed by atoms with Crippen LogP contribution in [0.1, 0.15) is 49.5 Å². The largest absolute Gasteiger partial charge is 0.348 e. The van der Waals surface area contributed by atoms with Crippen molar-refractivity contribution in [2.75, 3.05) is 13.1 Å². The summed E-state index contributed by atoms with van der Waals surface area (Å²) in [5, 5.41) is 6.25. The third-order valence-electron chi connectivity index (χ3n) is 5.05. The van der Waals surface area contributed by atoms with Crippen molar-refractivity contribution in [2.24, 2.45) is 0 Å². The minimum atomic E-state index is -0.354. The van der Waals surface area contributed by atoms with Gasteiger partial charge in [-0.1, -0.05) is 30.3 Å². The van der Waals surface area contributed by atoms with Gasteiger partial charge >= 0.3 is 0 Å². The van der Waals surface area contributed by atoms with E-state index in [1.54, 1.807) is 12.1 Å². The van der Waals surface area contributed by atoms with Crippen molar-refractivity contribution in [1.29, 1.82) is 0 Å². The average molecular weight is 400 g/mol. The Morgan fingerprint density at radius 2 is 1.82 bits per heavy atom. The highest BCUT2D eigenvalue weighted by molar-refractivity contribution is 6.22. The van der Waals surface area contributed by atoms with E-state index in [-0.39, 0.29) is 42.7 Å². The Morgan fingerprint density at radius 3 is 2.54 bits per heavy atom. The number of rotatable bonds is 4. The molecule has 3 amide bonds. The maximum Gasteiger partial charge on any atom is 0.261 e. The zero-order valence-electron chi connectivity index (χ0n) is 15.3. The van der Waals surface area contributed by atoms with Crippen LogP contribution in [0.2, 0.25) is 0 Å². The first kappa shape index (κ1) is 20.0. The van der Waals surface area contributed by atoms with Gasteiger partial charge in [-0.05, 0) is 43.1 Å². The summed E-state index contributed by atoms with van der Waals surface area (Å²) in [4.78, 5) is 39.1. The van der Waals surface area contributed by atoms with Crippen molar-refractivity contribution in [3.8, 4) is 0 Å². The molecular weight excluding hydrogens is 378 g/mol. The van der Waals surface area contributed by atoms with E-state index in [4.69, 9.17) is 0 Å². The molecule has 146 valence electrons. The number of halogens is 1. The molecule has 1 saturated heterocycles. The summed E-state index contributed by atoms with van der Waals surface area (Å²) in [6.45, 7) is 1.94. The molecule has 2 aliphatic heterocycles. The number of carbonyl (C=O) groups is 3. The summed E-state index contributed by atoms with van der Waals surface area (Å²) in [5.41, 5.74) is 1.94. The molecule has 4 rings (SSSR count). The standard InChI is InChI=1S/C21H21N3O3.ClH/c25-19(23-16-7-4-10-22-12-16)15-8-9-17-18(11-15)21(27)24(20(17)26)13-14-5-2-1-3-6-14;/h1-3,5-6,8-9,11,16,22H,4,7,10,12-13H2,(H,23,25);1H/t16-;/m0./s1. The number of nitrogens with one attached hydrogen (secondary N) is 2. The highest BCUT2D eigenvalue weighted by Crippen LogP contribution is 2.25. The van der Waals surface area contributed by atoms with Crippen LogP contribution in [0, 0.1) is 0 Å². The van der Waals surface area contributed by atoms with Crippen LogP contribution in [-0.2, 0) is 6.54 Å². The molecule has 0 bridgehead atoms. The van der Waals surface area contributed by atoms with Gasteiger partial charge in [-0.2, -0.15) is 0 Å². The predicted octanol–water partition coefficient (Wildman–Crippen LogP) is 2.39. The van der Waals surface area contributed by atoms with Crippen LogP contribution >= 0.6 is 12.4 Å². The van der Waals surface area contributed by atoms with Gasteiger partial charge in [0.25, 0.3) is 17.7 Å². The lowest BCUT2D eigenvalue weighted by atomic mass is 10.0. The maximum atomic E-state index is 12.7. The van der Waals surface area contributed by atoms with Crippen molar-refractivity contribution in [2.45, 2.75) is 25.4 Å². The fourth-order valence-electron chi connectivity index (χ4n) is 3.59. The van der Waals surface area contributed by atoms with Crippen molar-refractivity contribution >= 4 is 30.1 Å². The first-order valence-electron chi connectivity index (χ1n) is 9.19. The van der Waals surface area contributed by atoms with Gasteiger partial charge in [0.05, 0.1) is 17.7 Å². The molecule has 28 heavy (non-hydrogen) atoms. The SMILES string of the molecule is Cl.O=C(N[C@H]1CCCNC1)c1ccc2c(c1)C(=O)N(Cc1ccccc1)C2=O. The van der Waals surface area contributed by atoms with E-state index in [0.717, 1.165) is 31.5 Å². The Bertz CT molecular complexity index is 895. The van der Waals surface area contributed by atoms with Crippen LogP contribution in [0.15, 0.2) is 48.5 Å². The summed E-state index contributed by atoms with van der Waals surface area (Å²) < 4.78 is 0. The summed E-state index contributed by atoms with van der Waals surface area (Å²) >= 11 is 0. The second kappa shape index (κ2) is 8.54. The molecule has 0 spiro atoms. The quantitative estimate of drug-likeness (QED) is 0.774. The van der Waals surface area contributed by atoms with Crippen molar-refractivity contribution < 1.29 is 14.4 Å². The molecule has 2 aromatic rings. The smallest absolute Gasteiger partial charge is 0.261 e. The number of piperidine rings is 1. The molecule has 2 aromatic carbocycles. The molecule has 1 atom stereocenters. The third kappa shape index (κ3) is 3.93. The molecule has 2 aliphatic rings. The number of fused-ring (bicyclic) bond motifs is 1. The lowest BCUT2D eigenvalue weighted by Gasteiger charge is -2.23. The molecule has 1 fully saturated rings. The Labute approximate surface area is 169 Å². The van der Waals surface area contributed by atoms with Crippen LogP contribution in [0.5, 0.6) is 0 Å². The molecule has 6 nitrogen and oxygen atoms in total. The number of nitrogens with zero attached hydrogens (tertiary/aromatic N) is 1. The molecule has 2 heterocycles. The molecule has 0 aliphatic carbocycles. The monoisotopic (exact) mass is 399 g/mol. The lowest BCUT2D eigenvalue weighted by molar-refractivity contribution is 0.0642. The molecule has 7 heteroatoms. The van der Waals surface area contributed by atoms with E-state index in [0.29, 0.717) is 16.7 Å². The van der Waals surface area contributed by atoms with Crippen LogP contribution in [0.25, 0.3) is 0 Å². The summed E-state index contributed by atoms with van der Waals surface area (Å²) in [6, 6.07) is 14.2. The van der Waals surface area contributed by atoms with Gasteiger partial charge in [0.15, 0.2) is 0 Å².